The monoisotopic (exact) mass is 380 g/mol. The van der Waals surface area contributed by atoms with Crippen molar-refractivity contribution in [3.8, 4) is 11.5 Å². The van der Waals surface area contributed by atoms with Crippen molar-refractivity contribution in [2.24, 2.45) is 0 Å². The smallest absolute Gasteiger partial charge is 0.257 e. The van der Waals surface area contributed by atoms with Gasteiger partial charge in [0.1, 0.15) is 16.3 Å². The molecule has 0 atom stereocenters. The quantitative estimate of drug-likeness (QED) is 0.717. The summed E-state index contributed by atoms with van der Waals surface area (Å²) in [4.78, 5) is 14.5. The van der Waals surface area contributed by atoms with Crippen LogP contribution in [0.1, 0.15) is 48.7 Å². The summed E-state index contributed by atoms with van der Waals surface area (Å²) < 4.78 is 33.1. The zero-order valence-corrected chi connectivity index (χ0v) is 15.9. The van der Waals surface area contributed by atoms with Crippen molar-refractivity contribution < 1.29 is 17.6 Å². The summed E-state index contributed by atoms with van der Waals surface area (Å²) in [6, 6.07) is 1.44. The minimum atomic E-state index is -3.66. The van der Waals surface area contributed by atoms with Gasteiger partial charge in [-0.1, -0.05) is 13.3 Å². The number of H-pyrrole nitrogens is 1. The molecule has 8 nitrogen and oxygen atoms in total. The molecule has 3 rings (SSSR count). The second kappa shape index (κ2) is 7.63. The number of aryl methyl sites for hydroxylation is 1. The first-order chi connectivity index (χ1) is 12.4. The maximum Gasteiger partial charge on any atom is 0.257 e. The van der Waals surface area contributed by atoms with Gasteiger partial charge in [-0.3, -0.25) is 9.89 Å². The van der Waals surface area contributed by atoms with E-state index in [4.69, 9.17) is 4.42 Å². The van der Waals surface area contributed by atoms with Gasteiger partial charge in [-0.2, -0.15) is 5.10 Å². The predicted molar refractivity (Wildman–Crippen MR) is 96.3 cm³/mol. The van der Waals surface area contributed by atoms with Crippen LogP contribution in [0.15, 0.2) is 21.6 Å². The Morgan fingerprint density at radius 1 is 1.38 bits per heavy atom. The highest BCUT2D eigenvalue weighted by Gasteiger charge is 2.27. The number of nitrogens with one attached hydrogen (secondary N) is 2. The Hall–Kier alpha value is -2.13. The molecule has 0 aromatic carbocycles. The third-order valence-electron chi connectivity index (χ3n) is 4.49. The third-order valence-corrected chi connectivity index (χ3v) is 6.06. The Bertz CT molecular complexity index is 878. The Kier molecular flexibility index (Phi) is 5.47. The Balaban J connectivity index is 1.88. The first-order valence-electron chi connectivity index (χ1n) is 8.87. The van der Waals surface area contributed by atoms with Gasteiger partial charge in [-0.05, 0) is 26.2 Å². The largest absolute Gasteiger partial charge is 0.458 e. The van der Waals surface area contributed by atoms with Crippen LogP contribution < -0.4 is 4.72 Å². The number of likely N-dealkylation sites (tertiary alicyclic amines) is 1. The molecule has 1 fully saturated rings. The van der Waals surface area contributed by atoms with E-state index in [0.717, 1.165) is 38.8 Å². The van der Waals surface area contributed by atoms with Crippen molar-refractivity contribution in [2.75, 3.05) is 19.6 Å². The molecule has 2 N–H and O–H groups in total. The molecule has 1 aliphatic heterocycles. The van der Waals surface area contributed by atoms with E-state index < -0.39 is 10.0 Å². The highest BCUT2D eigenvalue weighted by molar-refractivity contribution is 7.89. The predicted octanol–water partition coefficient (Wildman–Crippen LogP) is 2.29. The number of nitrogens with zero attached hydrogens (tertiary/aromatic N) is 2. The Morgan fingerprint density at radius 3 is 2.81 bits per heavy atom. The zero-order chi connectivity index (χ0) is 18.7. The molecular weight excluding hydrogens is 356 g/mol. The number of furan rings is 1. The molecule has 1 aliphatic rings. The maximum absolute atomic E-state index is 12.7. The van der Waals surface area contributed by atoms with Crippen LogP contribution in [-0.2, 0) is 10.0 Å². The molecular formula is C17H24N4O4S. The van der Waals surface area contributed by atoms with Crippen LogP contribution in [0.5, 0.6) is 0 Å². The fourth-order valence-corrected chi connectivity index (χ4v) is 4.29. The molecule has 26 heavy (non-hydrogen) atoms. The molecule has 1 saturated heterocycles. The van der Waals surface area contributed by atoms with Crippen molar-refractivity contribution in [3.05, 3.63) is 23.6 Å². The van der Waals surface area contributed by atoms with Crippen LogP contribution in [0.4, 0.5) is 0 Å². The van der Waals surface area contributed by atoms with Gasteiger partial charge >= 0.3 is 0 Å². The molecule has 0 saturated carbocycles. The average molecular weight is 380 g/mol. The van der Waals surface area contributed by atoms with E-state index in [1.807, 2.05) is 6.92 Å². The molecule has 2 aromatic heterocycles. The number of unbranched alkanes of at least 4 members (excludes halogenated alkanes) is 1. The van der Waals surface area contributed by atoms with E-state index >= 15 is 0 Å². The topological polar surface area (TPSA) is 108 Å². The van der Waals surface area contributed by atoms with Crippen molar-refractivity contribution >= 4 is 15.9 Å². The number of aromatic amines is 1. The Morgan fingerprint density at radius 2 is 2.12 bits per heavy atom. The first-order valence-corrected chi connectivity index (χ1v) is 10.4. The summed E-state index contributed by atoms with van der Waals surface area (Å²) in [5.74, 6) is 0.447. The van der Waals surface area contributed by atoms with E-state index in [1.165, 1.54) is 12.3 Å². The first kappa shape index (κ1) is 18.7. The molecule has 3 heterocycles. The van der Waals surface area contributed by atoms with E-state index in [1.54, 1.807) is 11.8 Å². The Labute approximate surface area is 153 Å². The molecule has 0 aliphatic carbocycles. The van der Waals surface area contributed by atoms with Gasteiger partial charge in [0.2, 0.25) is 10.0 Å². The molecule has 0 bridgehead atoms. The average Bonchev–Trinajstić information content (AvgIpc) is 3.34. The van der Waals surface area contributed by atoms with Crippen molar-refractivity contribution in [3.63, 3.8) is 0 Å². The molecule has 0 spiro atoms. The molecule has 1 amide bonds. The molecule has 142 valence electrons. The standard InChI is InChI=1S/C17H24N4O4S/c1-3-4-7-19-26(23,24)15-10-14(25-12(15)2)16-13(11-18-20-16)17(22)21-8-5-6-9-21/h10-11,19H,3-9H2,1-2H3,(H,18,20). The lowest BCUT2D eigenvalue weighted by Gasteiger charge is -2.14. The number of rotatable bonds is 7. The number of sulfonamides is 1. The highest BCUT2D eigenvalue weighted by atomic mass is 32.2. The van der Waals surface area contributed by atoms with Gasteiger partial charge in [-0.15, -0.1) is 0 Å². The maximum atomic E-state index is 12.7. The van der Waals surface area contributed by atoms with E-state index in [9.17, 15) is 13.2 Å². The summed E-state index contributed by atoms with van der Waals surface area (Å²) in [5, 5.41) is 6.72. The van der Waals surface area contributed by atoms with Gasteiger partial charge in [0, 0.05) is 25.7 Å². The van der Waals surface area contributed by atoms with Crippen molar-refractivity contribution in [1.29, 1.82) is 0 Å². The second-order valence-corrected chi connectivity index (χ2v) is 8.18. The fraction of sp³-hybridized carbons (Fsp3) is 0.529. The van der Waals surface area contributed by atoms with Crippen LogP contribution in [0.3, 0.4) is 0 Å². The van der Waals surface area contributed by atoms with Crippen molar-refractivity contribution in [1.82, 2.24) is 19.8 Å². The van der Waals surface area contributed by atoms with Gasteiger partial charge in [0.15, 0.2) is 5.76 Å². The third kappa shape index (κ3) is 3.68. The lowest BCUT2D eigenvalue weighted by molar-refractivity contribution is 0.0793. The number of carbonyl (C=O) groups excluding carboxylic acids is 1. The molecule has 9 heteroatoms. The van der Waals surface area contributed by atoms with Crippen LogP contribution in [-0.4, -0.2) is 49.1 Å². The zero-order valence-electron chi connectivity index (χ0n) is 15.0. The van der Waals surface area contributed by atoms with Crippen LogP contribution in [0.2, 0.25) is 0 Å². The van der Waals surface area contributed by atoms with Crippen LogP contribution >= 0.6 is 0 Å². The summed E-state index contributed by atoms with van der Waals surface area (Å²) in [5.41, 5.74) is 0.795. The van der Waals surface area contributed by atoms with E-state index in [0.29, 0.717) is 23.6 Å². The highest BCUT2D eigenvalue weighted by Crippen LogP contribution is 2.30. The summed E-state index contributed by atoms with van der Waals surface area (Å²) in [6.45, 7) is 5.41. The number of aromatic nitrogens is 2. The summed E-state index contributed by atoms with van der Waals surface area (Å²) in [6.07, 6.45) is 5.10. The second-order valence-electron chi connectivity index (χ2n) is 6.44. The number of carbonyl (C=O) groups is 1. The lowest BCUT2D eigenvalue weighted by atomic mass is 10.2. The molecule has 0 unspecified atom stereocenters. The van der Waals surface area contributed by atoms with E-state index in [-0.39, 0.29) is 16.6 Å². The van der Waals surface area contributed by atoms with Gasteiger partial charge < -0.3 is 9.32 Å². The lowest BCUT2D eigenvalue weighted by Crippen LogP contribution is -2.27. The van der Waals surface area contributed by atoms with Crippen LogP contribution in [0.25, 0.3) is 11.5 Å². The number of amides is 1. The summed E-state index contributed by atoms with van der Waals surface area (Å²) in [7, 11) is -3.66. The summed E-state index contributed by atoms with van der Waals surface area (Å²) >= 11 is 0. The van der Waals surface area contributed by atoms with Crippen LogP contribution in [0, 0.1) is 6.92 Å². The van der Waals surface area contributed by atoms with Gasteiger partial charge in [0.05, 0.1) is 11.8 Å². The number of hydrogen-bond donors (Lipinski definition) is 2. The van der Waals surface area contributed by atoms with Gasteiger partial charge in [0.25, 0.3) is 5.91 Å². The SMILES string of the molecule is CCCCNS(=O)(=O)c1cc(-c2[nH]ncc2C(=O)N2CCCC2)oc1C. The minimum absolute atomic E-state index is 0.0813. The number of hydrogen-bond acceptors (Lipinski definition) is 5. The molecule has 2 aromatic rings. The van der Waals surface area contributed by atoms with Gasteiger partial charge in [-0.25, -0.2) is 13.1 Å². The minimum Gasteiger partial charge on any atom is -0.458 e. The van der Waals surface area contributed by atoms with Crippen molar-refractivity contribution in [2.45, 2.75) is 44.4 Å². The molecule has 0 radical (unpaired) electrons. The fourth-order valence-electron chi connectivity index (χ4n) is 3.04. The van der Waals surface area contributed by atoms with E-state index in [2.05, 4.69) is 14.9 Å². The normalized spacial score (nSPS) is 14.9.